The lowest BCUT2D eigenvalue weighted by molar-refractivity contribution is -0.121. The van der Waals surface area contributed by atoms with Crippen LogP contribution in [0.25, 0.3) is 0 Å². The average Bonchev–Trinajstić information content (AvgIpc) is 2.29. The number of nitrogens with two attached hydrogens (primary N) is 1. The predicted octanol–water partition coefficient (Wildman–Crippen LogP) is 2.04. The zero-order chi connectivity index (χ0) is 13.5. The van der Waals surface area contributed by atoms with Crippen LogP contribution in [0.5, 0.6) is 5.75 Å². The fourth-order valence-corrected chi connectivity index (χ4v) is 1.57. The molecule has 1 amide bonds. The number of hydrogen-bond acceptors (Lipinski definition) is 3. The summed E-state index contributed by atoms with van der Waals surface area (Å²) in [7, 11) is 0. The van der Waals surface area contributed by atoms with Gasteiger partial charge in [-0.3, -0.25) is 4.79 Å². The fraction of sp³-hybridized carbons (Fsp3) is 0.500. The summed E-state index contributed by atoms with van der Waals surface area (Å²) in [6.45, 7) is 6.22. The quantitative estimate of drug-likeness (QED) is 0.841. The number of ether oxygens (including phenoxy) is 1. The zero-order valence-corrected chi connectivity index (χ0v) is 12.5. The second kappa shape index (κ2) is 8.77. The summed E-state index contributed by atoms with van der Waals surface area (Å²) in [5.74, 6) is 0.816. The molecule has 0 saturated heterocycles. The number of halogens is 1. The topological polar surface area (TPSA) is 64.3 Å². The Morgan fingerprint density at radius 1 is 1.37 bits per heavy atom. The van der Waals surface area contributed by atoms with E-state index in [2.05, 4.69) is 5.32 Å². The lowest BCUT2D eigenvalue weighted by atomic mass is 10.2. The van der Waals surface area contributed by atoms with Crippen LogP contribution >= 0.6 is 12.4 Å². The molecule has 0 bridgehead atoms. The van der Waals surface area contributed by atoms with E-state index in [9.17, 15) is 4.79 Å². The molecule has 3 N–H and O–H groups in total. The predicted molar refractivity (Wildman–Crippen MR) is 79.8 cm³/mol. The Morgan fingerprint density at radius 3 is 2.58 bits per heavy atom. The molecule has 0 spiro atoms. The van der Waals surface area contributed by atoms with Gasteiger partial charge in [0.25, 0.3) is 0 Å². The van der Waals surface area contributed by atoms with Gasteiger partial charge >= 0.3 is 0 Å². The SMILES string of the molecule is Cc1ccccc1OC(C)CNC(=O)CC(C)N.Cl. The molecule has 0 radical (unpaired) electrons. The molecule has 1 rings (SSSR count). The highest BCUT2D eigenvalue weighted by Crippen LogP contribution is 2.17. The molecule has 2 atom stereocenters. The van der Waals surface area contributed by atoms with Gasteiger partial charge in [-0.1, -0.05) is 18.2 Å². The Labute approximate surface area is 121 Å². The lowest BCUT2D eigenvalue weighted by Gasteiger charge is -2.17. The zero-order valence-electron chi connectivity index (χ0n) is 11.7. The Morgan fingerprint density at radius 2 is 2.00 bits per heavy atom. The first kappa shape index (κ1) is 17.7. The number of amides is 1. The van der Waals surface area contributed by atoms with Crippen LogP contribution in [0.15, 0.2) is 24.3 Å². The van der Waals surface area contributed by atoms with Crippen LogP contribution in [0.1, 0.15) is 25.8 Å². The van der Waals surface area contributed by atoms with Gasteiger partial charge in [-0.2, -0.15) is 0 Å². The molecule has 2 unspecified atom stereocenters. The summed E-state index contributed by atoms with van der Waals surface area (Å²) in [5, 5.41) is 2.81. The minimum Gasteiger partial charge on any atom is -0.489 e. The van der Waals surface area contributed by atoms with E-state index in [0.717, 1.165) is 11.3 Å². The van der Waals surface area contributed by atoms with E-state index in [-0.39, 0.29) is 30.5 Å². The first-order chi connectivity index (χ1) is 8.49. The molecule has 4 nitrogen and oxygen atoms in total. The molecule has 0 saturated carbocycles. The van der Waals surface area contributed by atoms with Gasteiger partial charge in [0, 0.05) is 12.5 Å². The van der Waals surface area contributed by atoms with Crippen molar-refractivity contribution in [2.45, 2.75) is 39.3 Å². The number of hydrogen-bond donors (Lipinski definition) is 2. The summed E-state index contributed by atoms with van der Waals surface area (Å²) in [5.41, 5.74) is 6.64. The van der Waals surface area contributed by atoms with E-state index in [0.29, 0.717) is 13.0 Å². The molecule has 19 heavy (non-hydrogen) atoms. The van der Waals surface area contributed by atoms with Gasteiger partial charge in [0.2, 0.25) is 5.91 Å². The highest BCUT2D eigenvalue weighted by Gasteiger charge is 2.09. The third-order valence-corrected chi connectivity index (χ3v) is 2.52. The molecule has 5 heteroatoms. The first-order valence-electron chi connectivity index (χ1n) is 6.23. The molecule has 0 aromatic heterocycles. The number of rotatable bonds is 6. The molecule has 1 aromatic carbocycles. The summed E-state index contributed by atoms with van der Waals surface area (Å²) in [6.07, 6.45) is 0.278. The monoisotopic (exact) mass is 286 g/mol. The van der Waals surface area contributed by atoms with Crippen molar-refractivity contribution in [2.24, 2.45) is 5.73 Å². The summed E-state index contributed by atoms with van der Waals surface area (Å²) >= 11 is 0. The van der Waals surface area contributed by atoms with Gasteiger partial charge < -0.3 is 15.8 Å². The van der Waals surface area contributed by atoms with Crippen molar-refractivity contribution in [2.75, 3.05) is 6.54 Å². The minimum absolute atomic E-state index is 0. The van der Waals surface area contributed by atoms with Crippen molar-refractivity contribution < 1.29 is 9.53 Å². The van der Waals surface area contributed by atoms with Gasteiger partial charge in [-0.25, -0.2) is 0 Å². The van der Waals surface area contributed by atoms with Gasteiger partial charge in [-0.15, -0.1) is 12.4 Å². The third-order valence-electron chi connectivity index (χ3n) is 2.52. The number of para-hydroxylation sites is 1. The smallest absolute Gasteiger partial charge is 0.221 e. The van der Waals surface area contributed by atoms with E-state index in [4.69, 9.17) is 10.5 Å². The van der Waals surface area contributed by atoms with E-state index >= 15 is 0 Å². The summed E-state index contributed by atoms with van der Waals surface area (Å²) < 4.78 is 5.75. The van der Waals surface area contributed by atoms with E-state index in [1.54, 1.807) is 0 Å². The van der Waals surface area contributed by atoms with Crippen LogP contribution in [0.4, 0.5) is 0 Å². The number of aryl methyl sites for hydroxylation is 1. The van der Waals surface area contributed by atoms with Crippen molar-refractivity contribution >= 4 is 18.3 Å². The maximum atomic E-state index is 11.4. The third kappa shape index (κ3) is 7.03. The van der Waals surface area contributed by atoms with Crippen LogP contribution in [-0.2, 0) is 4.79 Å². The number of benzene rings is 1. The van der Waals surface area contributed by atoms with Gasteiger partial charge in [-0.05, 0) is 32.4 Å². The minimum atomic E-state index is -0.113. The molecule has 0 fully saturated rings. The summed E-state index contributed by atoms with van der Waals surface area (Å²) in [4.78, 5) is 11.4. The van der Waals surface area contributed by atoms with Crippen molar-refractivity contribution in [3.63, 3.8) is 0 Å². The van der Waals surface area contributed by atoms with Gasteiger partial charge in [0.15, 0.2) is 0 Å². The van der Waals surface area contributed by atoms with E-state index < -0.39 is 0 Å². The van der Waals surface area contributed by atoms with Crippen LogP contribution < -0.4 is 15.8 Å². The Bertz CT molecular complexity index is 397. The average molecular weight is 287 g/mol. The molecule has 0 aliphatic carbocycles. The van der Waals surface area contributed by atoms with Crippen LogP contribution in [0.3, 0.4) is 0 Å². The molecule has 0 aliphatic rings. The maximum absolute atomic E-state index is 11.4. The standard InChI is InChI=1S/C14H22N2O2.ClH/c1-10-6-4-5-7-13(10)18-12(3)9-16-14(17)8-11(2)15;/h4-7,11-12H,8-9,15H2,1-3H3,(H,16,17);1H. The molecule has 108 valence electrons. The van der Waals surface area contributed by atoms with Crippen molar-refractivity contribution in [3.05, 3.63) is 29.8 Å². The molecule has 0 heterocycles. The van der Waals surface area contributed by atoms with Crippen LogP contribution in [-0.4, -0.2) is 24.6 Å². The highest BCUT2D eigenvalue weighted by atomic mass is 35.5. The van der Waals surface area contributed by atoms with Crippen molar-refractivity contribution in [1.82, 2.24) is 5.32 Å². The molecule has 0 aliphatic heterocycles. The highest BCUT2D eigenvalue weighted by molar-refractivity contribution is 5.85. The van der Waals surface area contributed by atoms with Crippen molar-refractivity contribution in [3.8, 4) is 5.75 Å². The van der Waals surface area contributed by atoms with E-state index in [1.165, 1.54) is 0 Å². The lowest BCUT2D eigenvalue weighted by Crippen LogP contribution is -2.36. The molecular formula is C14H23ClN2O2. The largest absolute Gasteiger partial charge is 0.489 e. The normalized spacial score (nSPS) is 13.1. The Balaban J connectivity index is 0.00000324. The summed E-state index contributed by atoms with van der Waals surface area (Å²) in [6, 6.07) is 7.71. The van der Waals surface area contributed by atoms with E-state index in [1.807, 2.05) is 45.0 Å². The van der Waals surface area contributed by atoms with Crippen molar-refractivity contribution in [1.29, 1.82) is 0 Å². The second-order valence-corrected chi connectivity index (χ2v) is 4.68. The Kier molecular flexibility index (Phi) is 8.19. The molecular weight excluding hydrogens is 264 g/mol. The maximum Gasteiger partial charge on any atom is 0.221 e. The van der Waals surface area contributed by atoms with Gasteiger partial charge in [0.1, 0.15) is 11.9 Å². The van der Waals surface area contributed by atoms with Crippen LogP contribution in [0.2, 0.25) is 0 Å². The number of carbonyl (C=O) groups is 1. The number of nitrogens with one attached hydrogen (secondary N) is 1. The Hall–Kier alpha value is -1.26. The fourth-order valence-electron chi connectivity index (χ4n) is 1.57. The molecule has 1 aromatic rings. The van der Waals surface area contributed by atoms with Gasteiger partial charge in [0.05, 0.1) is 6.54 Å². The number of carbonyl (C=O) groups excluding carboxylic acids is 1. The second-order valence-electron chi connectivity index (χ2n) is 4.68. The first-order valence-corrected chi connectivity index (χ1v) is 6.23. The van der Waals surface area contributed by atoms with Crippen LogP contribution in [0, 0.1) is 6.92 Å².